The maximum absolute atomic E-state index is 12.6. The van der Waals surface area contributed by atoms with Gasteiger partial charge in [-0.2, -0.15) is 0 Å². The fourth-order valence-electron chi connectivity index (χ4n) is 5.60. The van der Waals surface area contributed by atoms with Crippen LogP contribution in [0, 0.1) is 23.7 Å². The van der Waals surface area contributed by atoms with Crippen LogP contribution in [-0.2, 0) is 20.7 Å². The third kappa shape index (κ3) is 6.12. The first-order valence-electron chi connectivity index (χ1n) is 12.9. The zero-order valence-corrected chi connectivity index (χ0v) is 21.6. The Labute approximate surface area is 208 Å². The Hall–Kier alpha value is -2.25. The van der Waals surface area contributed by atoms with Gasteiger partial charge in [-0.3, -0.25) is 4.79 Å². The summed E-state index contributed by atoms with van der Waals surface area (Å²) in [5.41, 5.74) is 2.03. The number of hydrogen-bond acceptors (Lipinski definition) is 7. The van der Waals surface area contributed by atoms with Crippen LogP contribution >= 0.6 is 0 Å². The van der Waals surface area contributed by atoms with Gasteiger partial charge in [-0.25, -0.2) is 0 Å². The van der Waals surface area contributed by atoms with E-state index in [-0.39, 0.29) is 18.9 Å². The van der Waals surface area contributed by atoms with Crippen LogP contribution in [0.15, 0.2) is 23.8 Å². The predicted octanol–water partition coefficient (Wildman–Crippen LogP) is 5.03. The van der Waals surface area contributed by atoms with Crippen LogP contribution in [0.1, 0.15) is 65.4 Å². The number of esters is 1. The molecular weight excluding hydrogens is 448 g/mol. The summed E-state index contributed by atoms with van der Waals surface area (Å²) in [6.07, 6.45) is 5.46. The SMILES string of the molecule is COc1cc(C/C(C)=C\C[C@@H](O)[C@H]2C[C@H](O[C@@H]3C[C@H](C)CC[C@H]3C(C)C)OC2=O)c2c(c1)OCO2. The highest BCUT2D eigenvalue weighted by Crippen LogP contribution is 2.41. The molecule has 3 aliphatic rings. The molecule has 35 heavy (non-hydrogen) atoms. The van der Waals surface area contributed by atoms with Gasteiger partial charge in [0.2, 0.25) is 13.1 Å². The minimum absolute atomic E-state index is 0.102. The molecule has 0 aromatic heterocycles. The summed E-state index contributed by atoms with van der Waals surface area (Å²) < 4.78 is 28.4. The van der Waals surface area contributed by atoms with Crippen molar-refractivity contribution in [2.45, 2.75) is 84.7 Å². The fraction of sp³-hybridized carbons (Fsp3) is 0.679. The Kier molecular flexibility index (Phi) is 8.27. The van der Waals surface area contributed by atoms with E-state index >= 15 is 0 Å². The Balaban J connectivity index is 1.33. The summed E-state index contributed by atoms with van der Waals surface area (Å²) >= 11 is 0. The van der Waals surface area contributed by atoms with Crippen molar-refractivity contribution in [2.75, 3.05) is 13.9 Å². The van der Waals surface area contributed by atoms with Gasteiger partial charge in [0.15, 0.2) is 11.5 Å². The molecule has 0 radical (unpaired) electrons. The van der Waals surface area contributed by atoms with E-state index in [1.54, 1.807) is 7.11 Å². The second kappa shape index (κ2) is 11.2. The maximum Gasteiger partial charge on any atom is 0.314 e. The van der Waals surface area contributed by atoms with Gasteiger partial charge < -0.3 is 28.8 Å². The first-order chi connectivity index (χ1) is 16.7. The molecule has 2 heterocycles. The number of ether oxygens (including phenoxy) is 5. The lowest BCUT2D eigenvalue weighted by molar-refractivity contribution is -0.186. The summed E-state index contributed by atoms with van der Waals surface area (Å²) in [7, 11) is 1.62. The molecule has 1 aliphatic carbocycles. The van der Waals surface area contributed by atoms with Crippen LogP contribution in [-0.4, -0.2) is 43.5 Å². The van der Waals surface area contributed by atoms with Gasteiger partial charge >= 0.3 is 5.97 Å². The summed E-state index contributed by atoms with van der Waals surface area (Å²) in [5.74, 6) is 2.81. The number of carbonyl (C=O) groups excluding carboxylic acids is 1. The van der Waals surface area contributed by atoms with Crippen LogP contribution in [0.2, 0.25) is 0 Å². The molecule has 1 saturated carbocycles. The molecule has 1 N–H and O–H groups in total. The van der Waals surface area contributed by atoms with E-state index < -0.39 is 18.3 Å². The van der Waals surface area contributed by atoms with E-state index in [0.717, 1.165) is 29.7 Å². The van der Waals surface area contributed by atoms with E-state index in [1.807, 2.05) is 25.1 Å². The minimum Gasteiger partial charge on any atom is -0.497 e. The Morgan fingerprint density at radius 2 is 2.03 bits per heavy atom. The molecule has 0 bridgehead atoms. The van der Waals surface area contributed by atoms with Gasteiger partial charge in [0.05, 0.1) is 25.2 Å². The summed E-state index contributed by atoms with van der Waals surface area (Å²) in [4.78, 5) is 12.6. The van der Waals surface area contributed by atoms with Gasteiger partial charge in [-0.05, 0) is 56.4 Å². The zero-order chi connectivity index (χ0) is 25.1. The van der Waals surface area contributed by atoms with Gasteiger partial charge in [-0.15, -0.1) is 0 Å². The van der Waals surface area contributed by atoms with E-state index in [0.29, 0.717) is 48.5 Å². The molecule has 6 atom stereocenters. The van der Waals surface area contributed by atoms with Gasteiger partial charge in [0.25, 0.3) is 0 Å². The number of cyclic esters (lactones) is 1. The molecule has 4 rings (SSSR count). The molecule has 0 amide bonds. The lowest BCUT2D eigenvalue weighted by atomic mass is 9.75. The van der Waals surface area contributed by atoms with Crippen LogP contribution in [0.5, 0.6) is 17.2 Å². The second-order valence-corrected chi connectivity index (χ2v) is 10.8. The van der Waals surface area contributed by atoms with E-state index in [2.05, 4.69) is 20.8 Å². The average Bonchev–Trinajstić information content (AvgIpc) is 3.43. The van der Waals surface area contributed by atoms with E-state index in [4.69, 9.17) is 23.7 Å². The number of carbonyl (C=O) groups is 1. The molecule has 194 valence electrons. The molecule has 1 saturated heterocycles. The van der Waals surface area contributed by atoms with Crippen molar-refractivity contribution in [3.05, 3.63) is 29.3 Å². The predicted molar refractivity (Wildman–Crippen MR) is 131 cm³/mol. The topological polar surface area (TPSA) is 83.5 Å². The van der Waals surface area contributed by atoms with Crippen LogP contribution < -0.4 is 14.2 Å². The second-order valence-electron chi connectivity index (χ2n) is 10.8. The fourth-order valence-corrected chi connectivity index (χ4v) is 5.60. The molecule has 1 aromatic carbocycles. The Morgan fingerprint density at radius 1 is 1.23 bits per heavy atom. The van der Waals surface area contributed by atoms with Crippen molar-refractivity contribution in [3.8, 4) is 17.2 Å². The first kappa shape index (κ1) is 25.8. The van der Waals surface area contributed by atoms with Crippen LogP contribution in [0.25, 0.3) is 0 Å². The number of aliphatic hydroxyl groups excluding tert-OH is 1. The quantitative estimate of drug-likeness (QED) is 0.385. The van der Waals surface area contributed by atoms with Crippen LogP contribution in [0.3, 0.4) is 0 Å². The molecule has 1 aromatic rings. The summed E-state index contributed by atoms with van der Waals surface area (Å²) in [6, 6.07) is 3.75. The van der Waals surface area contributed by atoms with Gasteiger partial charge in [-0.1, -0.05) is 38.8 Å². The lowest BCUT2D eigenvalue weighted by Crippen LogP contribution is -2.37. The number of methoxy groups -OCH3 is 1. The van der Waals surface area contributed by atoms with Crippen molar-refractivity contribution >= 4 is 5.97 Å². The highest BCUT2D eigenvalue weighted by molar-refractivity contribution is 5.75. The Morgan fingerprint density at radius 3 is 2.77 bits per heavy atom. The molecule has 2 aliphatic heterocycles. The third-order valence-electron chi connectivity index (χ3n) is 7.68. The molecule has 7 heteroatoms. The third-order valence-corrected chi connectivity index (χ3v) is 7.68. The van der Waals surface area contributed by atoms with Crippen molar-refractivity contribution in [3.63, 3.8) is 0 Å². The highest BCUT2D eigenvalue weighted by atomic mass is 16.7. The Bertz CT molecular complexity index is 924. The molecule has 0 spiro atoms. The van der Waals surface area contributed by atoms with Gasteiger partial charge in [0, 0.05) is 18.1 Å². The normalized spacial score (nSPS) is 29.4. The average molecular weight is 489 g/mol. The molecule has 0 unspecified atom stereocenters. The summed E-state index contributed by atoms with van der Waals surface area (Å²) in [6.45, 7) is 8.93. The maximum atomic E-state index is 12.6. The number of hydrogen-bond donors (Lipinski definition) is 1. The standard InChI is InChI=1S/C28H40O7/c1-16(2)21-8-6-18(4)11-24(21)34-26-14-22(28(30)35-26)23(29)9-7-17(3)10-19-12-20(31-5)13-25-27(19)33-15-32-25/h7,12-13,16,18,21-24,26,29H,6,8-11,14-15H2,1-5H3/b17-7-/t18-,21+,22-,23-,24-,26-/m1/s1. The molecule has 7 nitrogen and oxygen atoms in total. The van der Waals surface area contributed by atoms with Crippen molar-refractivity contribution in [1.82, 2.24) is 0 Å². The van der Waals surface area contributed by atoms with Crippen molar-refractivity contribution in [1.29, 1.82) is 0 Å². The summed E-state index contributed by atoms with van der Waals surface area (Å²) in [5, 5.41) is 10.8. The smallest absolute Gasteiger partial charge is 0.314 e. The lowest BCUT2D eigenvalue weighted by Gasteiger charge is -2.38. The first-order valence-corrected chi connectivity index (χ1v) is 12.9. The van der Waals surface area contributed by atoms with E-state index in [9.17, 15) is 9.90 Å². The molecular formula is C28H40O7. The van der Waals surface area contributed by atoms with Gasteiger partial charge in [0.1, 0.15) is 5.75 Å². The van der Waals surface area contributed by atoms with E-state index in [1.165, 1.54) is 6.42 Å². The highest BCUT2D eigenvalue weighted by Gasteiger charge is 2.42. The largest absolute Gasteiger partial charge is 0.497 e. The van der Waals surface area contributed by atoms with Crippen LogP contribution in [0.4, 0.5) is 0 Å². The zero-order valence-electron chi connectivity index (χ0n) is 21.6. The number of benzene rings is 1. The minimum atomic E-state index is -0.812. The number of fused-ring (bicyclic) bond motifs is 1. The number of rotatable bonds is 9. The number of aliphatic hydroxyl groups is 1. The monoisotopic (exact) mass is 488 g/mol. The van der Waals surface area contributed by atoms with Crippen molar-refractivity contribution < 1.29 is 33.6 Å². The molecule has 2 fully saturated rings. The van der Waals surface area contributed by atoms with Crippen molar-refractivity contribution in [2.24, 2.45) is 23.7 Å². The number of allylic oxidation sites excluding steroid dienone is 1.